The first-order chi connectivity index (χ1) is 10.2. The number of rotatable bonds is 10. The first-order valence-corrected chi connectivity index (χ1v) is 8.31. The predicted octanol–water partition coefficient (Wildman–Crippen LogP) is 4.90. The van der Waals surface area contributed by atoms with Crippen molar-refractivity contribution in [3.8, 4) is 5.75 Å². The molecule has 0 spiro atoms. The minimum atomic E-state index is 0.564. The zero-order chi connectivity index (χ0) is 15.5. The number of ether oxygens (including phenoxy) is 1. The highest BCUT2D eigenvalue weighted by Gasteiger charge is 2.03. The van der Waals surface area contributed by atoms with Gasteiger partial charge in [0, 0.05) is 6.54 Å². The lowest BCUT2D eigenvalue weighted by atomic mass is 10.00. The minimum absolute atomic E-state index is 0.564. The summed E-state index contributed by atoms with van der Waals surface area (Å²) in [4.78, 5) is 0. The highest BCUT2D eigenvalue weighted by atomic mass is 16.5. The molecule has 1 rings (SSSR count). The third kappa shape index (κ3) is 7.33. The summed E-state index contributed by atoms with van der Waals surface area (Å²) in [5.74, 6) is 1.54. The molecule has 0 amide bonds. The molecule has 1 aromatic carbocycles. The molecule has 2 nitrogen and oxygen atoms in total. The molecule has 0 radical (unpaired) electrons. The van der Waals surface area contributed by atoms with Crippen LogP contribution in [-0.2, 0) is 0 Å². The Balaban J connectivity index is 2.58. The van der Waals surface area contributed by atoms with Gasteiger partial charge in [-0.1, -0.05) is 64.3 Å². The van der Waals surface area contributed by atoms with Crippen molar-refractivity contribution in [3.63, 3.8) is 0 Å². The summed E-state index contributed by atoms with van der Waals surface area (Å²) < 4.78 is 5.75. The first-order valence-electron chi connectivity index (χ1n) is 8.31. The van der Waals surface area contributed by atoms with E-state index in [-0.39, 0.29) is 0 Å². The van der Waals surface area contributed by atoms with Gasteiger partial charge < -0.3 is 10.1 Å². The van der Waals surface area contributed by atoms with Gasteiger partial charge in [0.05, 0.1) is 6.61 Å². The number of hydrogen-bond acceptors (Lipinski definition) is 2. The van der Waals surface area contributed by atoms with E-state index in [1.54, 1.807) is 0 Å². The van der Waals surface area contributed by atoms with Crippen LogP contribution in [-0.4, -0.2) is 19.7 Å². The lowest BCUT2D eigenvalue weighted by Crippen LogP contribution is -2.18. The van der Waals surface area contributed by atoms with E-state index in [2.05, 4.69) is 63.4 Å². The fraction of sp³-hybridized carbons (Fsp3) is 0.579. The van der Waals surface area contributed by atoms with Gasteiger partial charge in [-0.25, -0.2) is 0 Å². The number of nitrogens with one attached hydrogen (secondary N) is 1. The molecule has 0 unspecified atom stereocenters. The maximum atomic E-state index is 5.75. The molecule has 0 aliphatic rings. The predicted molar refractivity (Wildman–Crippen MR) is 92.8 cm³/mol. The van der Waals surface area contributed by atoms with Crippen molar-refractivity contribution in [2.45, 2.75) is 47.0 Å². The summed E-state index contributed by atoms with van der Waals surface area (Å²) in [5, 5.41) is 3.41. The van der Waals surface area contributed by atoms with Gasteiger partial charge in [0.15, 0.2) is 0 Å². The summed E-state index contributed by atoms with van der Waals surface area (Å²) in [5.41, 5.74) is 2.69. The van der Waals surface area contributed by atoms with Gasteiger partial charge in [0.2, 0.25) is 0 Å². The Bertz CT molecular complexity index is 406. The number of likely N-dealkylation sites (N-methyl/N-ethyl adjacent to an activating group) is 1. The van der Waals surface area contributed by atoms with Crippen LogP contribution in [0.4, 0.5) is 0 Å². The van der Waals surface area contributed by atoms with Crippen molar-refractivity contribution in [1.29, 1.82) is 0 Å². The molecular weight excluding hydrogens is 258 g/mol. The third-order valence-corrected chi connectivity index (χ3v) is 3.57. The molecule has 21 heavy (non-hydrogen) atoms. The number of benzene rings is 1. The van der Waals surface area contributed by atoms with Crippen LogP contribution in [0.2, 0.25) is 0 Å². The second kappa shape index (κ2) is 10.4. The highest BCUT2D eigenvalue weighted by Crippen LogP contribution is 2.18. The van der Waals surface area contributed by atoms with Crippen molar-refractivity contribution in [2.75, 3.05) is 19.7 Å². The molecule has 0 heterocycles. The fourth-order valence-corrected chi connectivity index (χ4v) is 2.11. The van der Waals surface area contributed by atoms with Gasteiger partial charge in [0.25, 0.3) is 0 Å². The average molecular weight is 289 g/mol. The van der Waals surface area contributed by atoms with Gasteiger partial charge in [-0.15, -0.1) is 0 Å². The van der Waals surface area contributed by atoms with Crippen LogP contribution in [0.25, 0.3) is 6.08 Å². The molecule has 0 saturated carbocycles. The topological polar surface area (TPSA) is 21.3 Å². The van der Waals surface area contributed by atoms with Crippen molar-refractivity contribution in [1.82, 2.24) is 5.32 Å². The summed E-state index contributed by atoms with van der Waals surface area (Å²) in [6.07, 6.45) is 5.90. The molecule has 0 aliphatic carbocycles. The second-order valence-corrected chi connectivity index (χ2v) is 5.78. The Morgan fingerprint density at radius 3 is 2.43 bits per heavy atom. The van der Waals surface area contributed by atoms with Crippen molar-refractivity contribution >= 4 is 6.08 Å². The highest BCUT2D eigenvalue weighted by molar-refractivity contribution is 5.54. The SMILES string of the molecule is CCCCCOc1ccc(C=C(CNCC)C(C)C)cc1. The van der Waals surface area contributed by atoms with E-state index in [0.717, 1.165) is 31.9 Å². The van der Waals surface area contributed by atoms with E-state index in [4.69, 9.17) is 4.74 Å². The Kier molecular flexibility index (Phi) is 8.84. The van der Waals surface area contributed by atoms with Crippen LogP contribution in [0.3, 0.4) is 0 Å². The molecule has 0 atom stereocenters. The van der Waals surface area contributed by atoms with Crippen LogP contribution >= 0.6 is 0 Å². The second-order valence-electron chi connectivity index (χ2n) is 5.78. The van der Waals surface area contributed by atoms with Gasteiger partial charge in [0.1, 0.15) is 5.75 Å². The summed E-state index contributed by atoms with van der Waals surface area (Å²) >= 11 is 0. The summed E-state index contributed by atoms with van der Waals surface area (Å²) in [6, 6.07) is 8.43. The van der Waals surface area contributed by atoms with E-state index >= 15 is 0 Å². The van der Waals surface area contributed by atoms with E-state index in [1.165, 1.54) is 24.0 Å². The van der Waals surface area contributed by atoms with Crippen molar-refractivity contribution < 1.29 is 4.74 Å². The molecule has 0 aromatic heterocycles. The molecule has 118 valence electrons. The maximum absolute atomic E-state index is 5.75. The molecule has 1 aromatic rings. The van der Waals surface area contributed by atoms with Crippen LogP contribution < -0.4 is 10.1 Å². The smallest absolute Gasteiger partial charge is 0.119 e. The molecular formula is C19H31NO. The van der Waals surface area contributed by atoms with E-state index in [1.807, 2.05) is 0 Å². The zero-order valence-corrected chi connectivity index (χ0v) is 14.1. The van der Waals surface area contributed by atoms with Gasteiger partial charge in [-0.2, -0.15) is 0 Å². The van der Waals surface area contributed by atoms with Gasteiger partial charge >= 0.3 is 0 Å². The summed E-state index contributed by atoms with van der Waals surface area (Å²) in [6.45, 7) is 11.6. The van der Waals surface area contributed by atoms with Crippen LogP contribution in [0, 0.1) is 5.92 Å². The minimum Gasteiger partial charge on any atom is -0.494 e. The number of hydrogen-bond donors (Lipinski definition) is 1. The number of unbranched alkanes of at least 4 members (excludes halogenated alkanes) is 2. The average Bonchev–Trinajstić information content (AvgIpc) is 2.49. The fourth-order valence-electron chi connectivity index (χ4n) is 2.11. The Morgan fingerprint density at radius 1 is 1.14 bits per heavy atom. The van der Waals surface area contributed by atoms with Crippen LogP contribution in [0.15, 0.2) is 29.8 Å². The van der Waals surface area contributed by atoms with E-state index < -0.39 is 0 Å². The van der Waals surface area contributed by atoms with Crippen LogP contribution in [0.5, 0.6) is 5.75 Å². The zero-order valence-electron chi connectivity index (χ0n) is 14.1. The van der Waals surface area contributed by atoms with Crippen molar-refractivity contribution in [3.05, 3.63) is 35.4 Å². The standard InChI is InChI=1S/C19H31NO/c1-5-7-8-13-21-19-11-9-17(10-12-19)14-18(16(3)4)15-20-6-2/h9-12,14,16,20H,5-8,13,15H2,1-4H3. The van der Waals surface area contributed by atoms with Crippen LogP contribution in [0.1, 0.15) is 52.5 Å². The molecule has 2 heteroatoms. The monoisotopic (exact) mass is 289 g/mol. The lowest BCUT2D eigenvalue weighted by molar-refractivity contribution is 0.306. The Morgan fingerprint density at radius 2 is 1.86 bits per heavy atom. The van der Waals surface area contributed by atoms with Gasteiger partial charge in [-0.3, -0.25) is 0 Å². The lowest BCUT2D eigenvalue weighted by Gasteiger charge is -2.12. The molecule has 0 bridgehead atoms. The third-order valence-electron chi connectivity index (χ3n) is 3.57. The first kappa shape index (κ1) is 17.8. The van der Waals surface area contributed by atoms with Gasteiger partial charge in [-0.05, 0) is 36.6 Å². The Hall–Kier alpha value is -1.28. The Labute approximate surface area is 130 Å². The van der Waals surface area contributed by atoms with Crippen molar-refractivity contribution in [2.24, 2.45) is 5.92 Å². The van der Waals surface area contributed by atoms with E-state index in [9.17, 15) is 0 Å². The molecule has 0 fully saturated rings. The maximum Gasteiger partial charge on any atom is 0.119 e. The molecule has 0 aliphatic heterocycles. The normalized spacial score (nSPS) is 12.0. The quantitative estimate of drug-likeness (QED) is 0.618. The molecule has 1 N–H and O–H groups in total. The van der Waals surface area contributed by atoms with E-state index in [0.29, 0.717) is 5.92 Å². The summed E-state index contributed by atoms with van der Waals surface area (Å²) in [7, 11) is 0. The largest absolute Gasteiger partial charge is 0.494 e. The molecule has 0 saturated heterocycles.